The summed E-state index contributed by atoms with van der Waals surface area (Å²) in [7, 11) is 4.06. The average Bonchev–Trinajstić information content (AvgIpc) is 2.65. The molecule has 0 aliphatic carbocycles. The van der Waals surface area contributed by atoms with Crippen molar-refractivity contribution in [1.82, 2.24) is 25.3 Å². The van der Waals surface area contributed by atoms with Crippen LogP contribution in [-0.4, -0.2) is 112 Å². The number of aliphatic imine (C=N–C) groups is 1. The van der Waals surface area contributed by atoms with E-state index in [-0.39, 0.29) is 0 Å². The van der Waals surface area contributed by atoms with E-state index in [0.29, 0.717) is 18.0 Å². The molecular formula is C19H40N6O. The Morgan fingerprint density at radius 3 is 2.12 bits per heavy atom. The van der Waals surface area contributed by atoms with Crippen LogP contribution in [0.5, 0.6) is 0 Å². The minimum Gasteiger partial charge on any atom is -0.379 e. The number of guanidine groups is 1. The van der Waals surface area contributed by atoms with Crippen molar-refractivity contribution >= 4 is 5.96 Å². The van der Waals surface area contributed by atoms with Gasteiger partial charge in [-0.3, -0.25) is 14.8 Å². The molecule has 2 saturated heterocycles. The van der Waals surface area contributed by atoms with Crippen molar-refractivity contribution in [3.8, 4) is 0 Å². The number of likely N-dealkylation sites (N-methyl/N-ethyl adjacent to an activating group) is 1. The van der Waals surface area contributed by atoms with E-state index in [0.717, 1.165) is 71.5 Å². The van der Waals surface area contributed by atoms with Crippen LogP contribution >= 0.6 is 0 Å². The second-order valence-corrected chi connectivity index (χ2v) is 7.98. The van der Waals surface area contributed by atoms with Crippen molar-refractivity contribution in [2.75, 3.05) is 79.7 Å². The van der Waals surface area contributed by atoms with Crippen molar-refractivity contribution in [2.24, 2.45) is 10.9 Å². The minimum atomic E-state index is 0.507. The molecule has 152 valence electrons. The molecule has 7 nitrogen and oxygen atoms in total. The molecule has 2 fully saturated rings. The first-order valence-electron chi connectivity index (χ1n) is 10.2. The quantitative estimate of drug-likeness (QED) is 0.493. The molecule has 0 aromatic rings. The fourth-order valence-electron chi connectivity index (χ4n) is 3.75. The molecule has 0 aromatic heterocycles. The van der Waals surface area contributed by atoms with Gasteiger partial charge < -0.3 is 20.3 Å². The molecule has 2 rings (SSSR count). The van der Waals surface area contributed by atoms with Gasteiger partial charge in [-0.1, -0.05) is 13.8 Å². The first-order valence-corrected chi connectivity index (χ1v) is 10.2. The smallest absolute Gasteiger partial charge is 0.191 e. The Balaban J connectivity index is 1.75. The zero-order valence-corrected chi connectivity index (χ0v) is 17.5. The summed E-state index contributed by atoms with van der Waals surface area (Å²) >= 11 is 0. The van der Waals surface area contributed by atoms with Crippen molar-refractivity contribution in [3.05, 3.63) is 0 Å². The SMILES string of the molecule is CN=C(NCC(C)N1CCN(C)CC1)NCC(C(C)C)N1CCOCC1. The molecule has 2 N–H and O–H groups in total. The predicted octanol–water partition coefficient (Wildman–Crippen LogP) is 0.144. The second kappa shape index (κ2) is 11.1. The van der Waals surface area contributed by atoms with Crippen LogP contribution < -0.4 is 10.6 Å². The highest BCUT2D eigenvalue weighted by molar-refractivity contribution is 5.79. The highest BCUT2D eigenvalue weighted by Crippen LogP contribution is 2.12. The third kappa shape index (κ3) is 6.68. The van der Waals surface area contributed by atoms with Crippen LogP contribution in [0.25, 0.3) is 0 Å². The van der Waals surface area contributed by atoms with Crippen LogP contribution in [0.15, 0.2) is 4.99 Å². The van der Waals surface area contributed by atoms with Gasteiger partial charge in [-0.05, 0) is 19.9 Å². The number of piperazine rings is 1. The molecule has 0 aromatic carbocycles. The minimum absolute atomic E-state index is 0.507. The maximum absolute atomic E-state index is 5.50. The van der Waals surface area contributed by atoms with Gasteiger partial charge in [0.2, 0.25) is 0 Å². The van der Waals surface area contributed by atoms with Crippen LogP contribution in [0.3, 0.4) is 0 Å². The van der Waals surface area contributed by atoms with Gasteiger partial charge in [0.15, 0.2) is 5.96 Å². The van der Waals surface area contributed by atoms with Crippen LogP contribution in [-0.2, 0) is 4.74 Å². The summed E-state index contributed by atoms with van der Waals surface area (Å²) in [5.41, 5.74) is 0. The van der Waals surface area contributed by atoms with Gasteiger partial charge in [0, 0.05) is 71.5 Å². The summed E-state index contributed by atoms with van der Waals surface area (Å²) < 4.78 is 5.50. The van der Waals surface area contributed by atoms with E-state index in [1.54, 1.807) is 0 Å². The van der Waals surface area contributed by atoms with Crippen LogP contribution in [0.1, 0.15) is 20.8 Å². The number of hydrogen-bond acceptors (Lipinski definition) is 5. The molecule has 7 heteroatoms. The fourth-order valence-corrected chi connectivity index (χ4v) is 3.75. The Morgan fingerprint density at radius 2 is 1.54 bits per heavy atom. The summed E-state index contributed by atoms with van der Waals surface area (Å²) in [6, 6.07) is 1.02. The third-order valence-corrected chi connectivity index (χ3v) is 5.71. The van der Waals surface area contributed by atoms with Gasteiger partial charge in [-0.25, -0.2) is 0 Å². The molecule has 0 saturated carbocycles. The molecule has 2 atom stereocenters. The zero-order chi connectivity index (χ0) is 18.9. The molecule has 0 spiro atoms. The normalized spacial score (nSPS) is 23.8. The maximum Gasteiger partial charge on any atom is 0.191 e. The van der Waals surface area contributed by atoms with E-state index in [1.165, 1.54) is 0 Å². The molecule has 0 bridgehead atoms. The topological polar surface area (TPSA) is 55.4 Å². The van der Waals surface area contributed by atoms with Gasteiger partial charge in [0.1, 0.15) is 0 Å². The van der Waals surface area contributed by atoms with E-state index in [9.17, 15) is 0 Å². The van der Waals surface area contributed by atoms with E-state index in [2.05, 4.69) is 58.1 Å². The van der Waals surface area contributed by atoms with Crippen molar-refractivity contribution in [3.63, 3.8) is 0 Å². The molecule has 2 heterocycles. The number of nitrogens with zero attached hydrogens (tertiary/aromatic N) is 4. The lowest BCUT2D eigenvalue weighted by atomic mass is 10.0. The van der Waals surface area contributed by atoms with Gasteiger partial charge in [0.25, 0.3) is 0 Å². The van der Waals surface area contributed by atoms with E-state index in [4.69, 9.17) is 4.74 Å². The summed E-state index contributed by atoms with van der Waals surface area (Å²) in [6.45, 7) is 17.1. The number of morpholine rings is 1. The second-order valence-electron chi connectivity index (χ2n) is 7.98. The third-order valence-electron chi connectivity index (χ3n) is 5.71. The lowest BCUT2D eigenvalue weighted by Gasteiger charge is -2.38. The number of ether oxygens (including phenoxy) is 1. The summed E-state index contributed by atoms with van der Waals surface area (Å²) in [5.74, 6) is 1.51. The molecule has 2 aliphatic rings. The fraction of sp³-hybridized carbons (Fsp3) is 0.947. The Morgan fingerprint density at radius 1 is 0.923 bits per heavy atom. The Kier molecular flexibility index (Phi) is 9.11. The summed E-state index contributed by atoms with van der Waals surface area (Å²) in [5, 5.41) is 7.06. The first kappa shape index (κ1) is 21.4. The number of nitrogens with one attached hydrogen (secondary N) is 2. The summed E-state index contributed by atoms with van der Waals surface area (Å²) in [4.78, 5) is 11.9. The summed E-state index contributed by atoms with van der Waals surface area (Å²) in [6.07, 6.45) is 0. The van der Waals surface area contributed by atoms with E-state index >= 15 is 0 Å². The molecule has 2 unspecified atom stereocenters. The van der Waals surface area contributed by atoms with E-state index < -0.39 is 0 Å². The van der Waals surface area contributed by atoms with E-state index in [1.807, 2.05) is 7.05 Å². The van der Waals surface area contributed by atoms with Gasteiger partial charge in [0.05, 0.1) is 13.2 Å². The lowest BCUT2D eigenvalue weighted by molar-refractivity contribution is 0.00751. The number of rotatable bonds is 7. The first-order chi connectivity index (χ1) is 12.5. The molecule has 2 aliphatic heterocycles. The van der Waals surface area contributed by atoms with Gasteiger partial charge >= 0.3 is 0 Å². The largest absolute Gasteiger partial charge is 0.379 e. The molecule has 0 radical (unpaired) electrons. The Hall–Kier alpha value is -0.890. The highest BCUT2D eigenvalue weighted by Gasteiger charge is 2.24. The van der Waals surface area contributed by atoms with Crippen molar-refractivity contribution < 1.29 is 4.74 Å². The molecular weight excluding hydrogens is 328 g/mol. The highest BCUT2D eigenvalue weighted by atomic mass is 16.5. The standard InChI is InChI=1S/C19H40N6O/c1-16(2)18(25-10-12-26-13-11-25)15-22-19(20-4)21-14-17(3)24-8-6-23(5)7-9-24/h16-18H,6-15H2,1-5H3,(H2,20,21,22). The van der Waals surface area contributed by atoms with Gasteiger partial charge in [-0.2, -0.15) is 0 Å². The molecule has 26 heavy (non-hydrogen) atoms. The monoisotopic (exact) mass is 368 g/mol. The van der Waals surface area contributed by atoms with Crippen molar-refractivity contribution in [1.29, 1.82) is 0 Å². The lowest BCUT2D eigenvalue weighted by Crippen LogP contribution is -2.54. The average molecular weight is 369 g/mol. The van der Waals surface area contributed by atoms with Crippen LogP contribution in [0.4, 0.5) is 0 Å². The van der Waals surface area contributed by atoms with Crippen LogP contribution in [0, 0.1) is 5.92 Å². The Labute approximate surface area is 160 Å². The van der Waals surface area contributed by atoms with Crippen molar-refractivity contribution in [2.45, 2.75) is 32.9 Å². The predicted molar refractivity (Wildman–Crippen MR) is 109 cm³/mol. The zero-order valence-electron chi connectivity index (χ0n) is 17.5. The van der Waals surface area contributed by atoms with Gasteiger partial charge in [-0.15, -0.1) is 0 Å². The van der Waals surface area contributed by atoms with Crippen LogP contribution in [0.2, 0.25) is 0 Å². The Bertz CT molecular complexity index is 416. The maximum atomic E-state index is 5.50. The number of hydrogen-bond donors (Lipinski definition) is 2. The molecule has 0 amide bonds.